The van der Waals surface area contributed by atoms with Crippen LogP contribution in [0.15, 0.2) is 18.2 Å². The Morgan fingerprint density at radius 1 is 1.16 bits per heavy atom. The van der Waals surface area contributed by atoms with Crippen molar-refractivity contribution in [1.29, 1.82) is 0 Å². The zero-order valence-corrected chi connectivity index (χ0v) is 15.1. The van der Waals surface area contributed by atoms with Crippen molar-refractivity contribution in [3.05, 3.63) is 29.3 Å². The van der Waals surface area contributed by atoms with Gasteiger partial charge < -0.3 is 9.64 Å². The quantitative estimate of drug-likeness (QED) is 0.778. The number of piperidine rings is 1. The van der Waals surface area contributed by atoms with Crippen LogP contribution >= 0.6 is 0 Å². The maximum absolute atomic E-state index is 12.7. The summed E-state index contributed by atoms with van der Waals surface area (Å²) in [6.45, 7) is 3.42. The van der Waals surface area contributed by atoms with Crippen LogP contribution in [0.3, 0.4) is 0 Å². The van der Waals surface area contributed by atoms with Gasteiger partial charge in [0.25, 0.3) is 0 Å². The Morgan fingerprint density at radius 2 is 1.88 bits per heavy atom. The van der Waals surface area contributed by atoms with Crippen LogP contribution in [0, 0.1) is 12.8 Å². The SMILES string of the molecule is Cc1ccc2c(c1)C(=O)CC1(CCN(C(=O)C3CCCCC3)CC1)O2. The van der Waals surface area contributed by atoms with E-state index in [2.05, 4.69) is 0 Å². The molecule has 0 unspecified atom stereocenters. The molecule has 1 saturated carbocycles. The summed E-state index contributed by atoms with van der Waals surface area (Å²) in [5.74, 6) is 1.44. The molecule has 2 aliphatic heterocycles. The molecule has 1 amide bonds. The monoisotopic (exact) mass is 341 g/mol. The first-order valence-electron chi connectivity index (χ1n) is 9.68. The normalized spacial score (nSPS) is 23.2. The topological polar surface area (TPSA) is 46.6 Å². The van der Waals surface area contributed by atoms with Gasteiger partial charge in [0.2, 0.25) is 5.91 Å². The van der Waals surface area contributed by atoms with Crippen molar-refractivity contribution in [2.75, 3.05) is 13.1 Å². The van der Waals surface area contributed by atoms with E-state index in [1.54, 1.807) is 0 Å². The Balaban J connectivity index is 1.44. The van der Waals surface area contributed by atoms with Crippen LogP contribution in [0.4, 0.5) is 0 Å². The van der Waals surface area contributed by atoms with Crippen LogP contribution in [-0.4, -0.2) is 35.3 Å². The van der Waals surface area contributed by atoms with Gasteiger partial charge in [0, 0.05) is 31.8 Å². The van der Waals surface area contributed by atoms with Crippen molar-refractivity contribution in [1.82, 2.24) is 4.90 Å². The van der Waals surface area contributed by atoms with E-state index in [0.29, 0.717) is 36.7 Å². The number of benzene rings is 1. The van der Waals surface area contributed by atoms with E-state index in [4.69, 9.17) is 4.74 Å². The van der Waals surface area contributed by atoms with Crippen molar-refractivity contribution < 1.29 is 14.3 Å². The summed E-state index contributed by atoms with van der Waals surface area (Å²) in [5.41, 5.74) is 1.38. The largest absolute Gasteiger partial charge is 0.486 e. The Bertz CT molecular complexity index is 682. The van der Waals surface area contributed by atoms with Gasteiger partial charge in [0.15, 0.2) is 5.78 Å². The number of ether oxygens (including phenoxy) is 1. The molecule has 1 aromatic rings. The predicted octanol–water partition coefficient (Wildman–Crippen LogP) is 3.90. The lowest BCUT2D eigenvalue weighted by atomic mass is 9.81. The minimum atomic E-state index is -0.414. The number of ketones is 1. The lowest BCUT2D eigenvalue weighted by molar-refractivity contribution is -0.140. The standard InChI is InChI=1S/C21H27NO3/c1-15-7-8-19-17(13-15)18(23)14-21(25-19)9-11-22(12-10-21)20(24)16-5-3-2-4-6-16/h7-8,13,16H,2-6,9-12,14H2,1H3. The minimum absolute atomic E-state index is 0.178. The van der Waals surface area contributed by atoms with Gasteiger partial charge in [0.05, 0.1) is 12.0 Å². The van der Waals surface area contributed by atoms with Crippen LogP contribution in [-0.2, 0) is 4.79 Å². The highest BCUT2D eigenvalue weighted by atomic mass is 16.5. The first-order chi connectivity index (χ1) is 12.1. The molecule has 1 saturated heterocycles. The Hall–Kier alpha value is -1.84. The number of amides is 1. The molecule has 134 valence electrons. The smallest absolute Gasteiger partial charge is 0.225 e. The van der Waals surface area contributed by atoms with Crippen molar-refractivity contribution in [3.8, 4) is 5.75 Å². The summed E-state index contributed by atoms with van der Waals surface area (Å²) in [7, 11) is 0. The fraction of sp³-hybridized carbons (Fsp3) is 0.619. The highest BCUT2D eigenvalue weighted by Crippen LogP contribution is 2.40. The Labute approximate surface area is 149 Å². The van der Waals surface area contributed by atoms with E-state index < -0.39 is 5.60 Å². The number of carbonyl (C=O) groups is 2. The number of hydrogen-bond donors (Lipinski definition) is 0. The van der Waals surface area contributed by atoms with Gasteiger partial charge in [-0.1, -0.05) is 30.9 Å². The zero-order valence-electron chi connectivity index (χ0n) is 15.1. The minimum Gasteiger partial charge on any atom is -0.486 e. The molecule has 4 rings (SSSR count). The molecule has 0 atom stereocenters. The van der Waals surface area contributed by atoms with E-state index in [1.807, 2.05) is 30.0 Å². The average molecular weight is 341 g/mol. The maximum Gasteiger partial charge on any atom is 0.225 e. The molecule has 3 aliphatic rings. The van der Waals surface area contributed by atoms with Gasteiger partial charge in [-0.2, -0.15) is 0 Å². The van der Waals surface area contributed by atoms with Crippen molar-refractivity contribution >= 4 is 11.7 Å². The molecule has 2 fully saturated rings. The third-order valence-electron chi connectivity index (χ3n) is 6.19. The highest BCUT2D eigenvalue weighted by molar-refractivity contribution is 6.00. The first kappa shape index (κ1) is 16.6. The van der Waals surface area contributed by atoms with E-state index >= 15 is 0 Å². The molecule has 4 heteroatoms. The zero-order chi connectivity index (χ0) is 17.4. The molecule has 4 nitrogen and oxygen atoms in total. The second kappa shape index (κ2) is 6.47. The lowest BCUT2D eigenvalue weighted by Crippen LogP contribution is -2.53. The first-order valence-corrected chi connectivity index (χ1v) is 9.68. The lowest BCUT2D eigenvalue weighted by Gasteiger charge is -2.44. The molecule has 25 heavy (non-hydrogen) atoms. The van der Waals surface area contributed by atoms with Gasteiger partial charge in [0.1, 0.15) is 11.4 Å². The summed E-state index contributed by atoms with van der Waals surface area (Å²) < 4.78 is 6.30. The number of rotatable bonds is 1. The number of Topliss-reactive ketones (excluding diaryl/α,β-unsaturated/α-hetero) is 1. The summed E-state index contributed by atoms with van der Waals surface area (Å²) in [6, 6.07) is 5.84. The van der Waals surface area contributed by atoms with Crippen molar-refractivity contribution in [3.63, 3.8) is 0 Å². The molecule has 2 heterocycles. The Morgan fingerprint density at radius 3 is 2.60 bits per heavy atom. The molecule has 1 aliphatic carbocycles. The summed E-state index contributed by atoms with van der Waals surface area (Å²) in [6.07, 6.45) is 7.67. The molecule has 0 N–H and O–H groups in total. The predicted molar refractivity (Wildman–Crippen MR) is 95.9 cm³/mol. The number of nitrogens with zero attached hydrogens (tertiary/aromatic N) is 1. The van der Waals surface area contributed by atoms with E-state index in [0.717, 1.165) is 31.2 Å². The van der Waals surface area contributed by atoms with Crippen molar-refractivity contribution in [2.45, 2.75) is 63.9 Å². The van der Waals surface area contributed by atoms with E-state index in [1.165, 1.54) is 19.3 Å². The molecular weight excluding hydrogens is 314 g/mol. The average Bonchev–Trinajstić information content (AvgIpc) is 2.63. The second-order valence-electron chi connectivity index (χ2n) is 8.04. The highest BCUT2D eigenvalue weighted by Gasteiger charge is 2.44. The van der Waals surface area contributed by atoms with E-state index in [-0.39, 0.29) is 11.7 Å². The molecular formula is C21H27NO3. The van der Waals surface area contributed by atoms with Crippen LogP contribution in [0.2, 0.25) is 0 Å². The van der Waals surface area contributed by atoms with Crippen LogP contribution in [0.25, 0.3) is 0 Å². The number of aryl methyl sites for hydroxylation is 1. The molecule has 0 aromatic heterocycles. The van der Waals surface area contributed by atoms with Gasteiger partial charge in [-0.25, -0.2) is 0 Å². The van der Waals surface area contributed by atoms with Gasteiger partial charge >= 0.3 is 0 Å². The van der Waals surface area contributed by atoms with Gasteiger partial charge in [-0.15, -0.1) is 0 Å². The third-order valence-corrected chi connectivity index (χ3v) is 6.19. The van der Waals surface area contributed by atoms with Crippen molar-refractivity contribution in [2.24, 2.45) is 5.92 Å². The fourth-order valence-electron chi connectivity index (χ4n) is 4.63. The fourth-order valence-corrected chi connectivity index (χ4v) is 4.63. The summed E-state index contributed by atoms with van der Waals surface area (Å²) >= 11 is 0. The molecule has 0 bridgehead atoms. The van der Waals surface area contributed by atoms with Crippen LogP contribution < -0.4 is 4.74 Å². The Kier molecular flexibility index (Phi) is 4.30. The van der Waals surface area contributed by atoms with Crippen LogP contribution in [0.5, 0.6) is 5.75 Å². The molecule has 1 spiro atoms. The number of carbonyl (C=O) groups excluding carboxylic acids is 2. The molecule has 1 aromatic carbocycles. The van der Waals surface area contributed by atoms with Gasteiger partial charge in [-0.05, 0) is 31.9 Å². The summed E-state index contributed by atoms with van der Waals surface area (Å²) in [5, 5.41) is 0. The number of fused-ring (bicyclic) bond motifs is 1. The van der Waals surface area contributed by atoms with Gasteiger partial charge in [-0.3, -0.25) is 9.59 Å². The number of hydrogen-bond acceptors (Lipinski definition) is 3. The van der Waals surface area contributed by atoms with E-state index in [9.17, 15) is 9.59 Å². The number of likely N-dealkylation sites (tertiary alicyclic amines) is 1. The maximum atomic E-state index is 12.7. The summed E-state index contributed by atoms with van der Waals surface area (Å²) in [4.78, 5) is 27.4. The third kappa shape index (κ3) is 3.19. The van der Waals surface area contributed by atoms with Crippen LogP contribution in [0.1, 0.15) is 67.3 Å². The molecule has 0 radical (unpaired) electrons. The second-order valence-corrected chi connectivity index (χ2v) is 8.04.